The van der Waals surface area contributed by atoms with Crippen LogP contribution in [0, 0.1) is 5.82 Å². The molecule has 4 aromatic rings. The molecular weight excluding hydrogens is 463 g/mol. The largest absolute Gasteiger partial charge is 0.441 e. The van der Waals surface area contributed by atoms with Crippen LogP contribution in [0.15, 0.2) is 114 Å². The summed E-state index contributed by atoms with van der Waals surface area (Å²) in [6.07, 6.45) is 1.14. The van der Waals surface area contributed by atoms with Crippen molar-refractivity contribution in [2.75, 3.05) is 6.26 Å². The lowest BCUT2D eigenvalue weighted by Gasteiger charge is -2.32. The fourth-order valence-electron chi connectivity index (χ4n) is 4.53. The first kappa shape index (κ1) is 22.7. The molecule has 174 valence electrons. The number of rotatable bonds is 5. The van der Waals surface area contributed by atoms with Crippen LogP contribution in [0.1, 0.15) is 22.3 Å². The third kappa shape index (κ3) is 3.96. The van der Waals surface area contributed by atoms with Gasteiger partial charge in [0.2, 0.25) is 0 Å². The molecule has 0 unspecified atom stereocenters. The predicted molar refractivity (Wildman–Crippen MR) is 133 cm³/mol. The van der Waals surface area contributed by atoms with Crippen LogP contribution in [-0.2, 0) is 25.0 Å². The second-order valence-corrected chi connectivity index (χ2v) is 10.4. The van der Waals surface area contributed by atoms with E-state index in [1.807, 2.05) is 60.7 Å². The Balaban J connectivity index is 1.88. The molecule has 35 heavy (non-hydrogen) atoms. The first-order chi connectivity index (χ1) is 16.8. The number of carbonyl (C=O) groups is 1. The third-order valence-corrected chi connectivity index (χ3v) is 7.25. The topological polar surface area (TPSA) is 60.4 Å². The maximum Gasteiger partial charge on any atom is 0.340 e. The van der Waals surface area contributed by atoms with Gasteiger partial charge < -0.3 is 4.74 Å². The normalized spacial score (nSPS) is 15.2. The number of sulfone groups is 1. The summed E-state index contributed by atoms with van der Waals surface area (Å²) in [5.74, 6) is -0.969. The highest BCUT2D eigenvalue weighted by molar-refractivity contribution is 7.90. The molecule has 1 aliphatic heterocycles. The van der Waals surface area contributed by atoms with Crippen molar-refractivity contribution in [1.82, 2.24) is 0 Å². The summed E-state index contributed by atoms with van der Waals surface area (Å²) in [6.45, 7) is 0. The van der Waals surface area contributed by atoms with E-state index in [2.05, 4.69) is 0 Å². The summed E-state index contributed by atoms with van der Waals surface area (Å²) in [6, 6.07) is 30.9. The lowest BCUT2D eigenvalue weighted by Crippen LogP contribution is -2.30. The van der Waals surface area contributed by atoms with Gasteiger partial charge in [0.05, 0.1) is 10.5 Å². The van der Waals surface area contributed by atoms with E-state index in [1.165, 1.54) is 24.3 Å². The molecule has 0 fully saturated rings. The zero-order valence-corrected chi connectivity index (χ0v) is 19.6. The Kier molecular flexibility index (Phi) is 5.61. The average Bonchev–Trinajstić information content (AvgIpc) is 3.19. The molecule has 0 radical (unpaired) electrons. The molecule has 1 heterocycles. The number of halogens is 1. The van der Waals surface area contributed by atoms with Gasteiger partial charge in [-0.2, -0.15) is 0 Å². The number of esters is 1. The third-order valence-electron chi connectivity index (χ3n) is 6.12. The zero-order valence-electron chi connectivity index (χ0n) is 18.8. The van der Waals surface area contributed by atoms with Crippen molar-refractivity contribution < 1.29 is 22.3 Å². The summed E-state index contributed by atoms with van der Waals surface area (Å²) < 4.78 is 44.2. The van der Waals surface area contributed by atoms with Gasteiger partial charge in [-0.3, -0.25) is 0 Å². The Morgan fingerprint density at radius 2 is 1.17 bits per heavy atom. The van der Waals surface area contributed by atoms with Crippen molar-refractivity contribution in [2.24, 2.45) is 0 Å². The molecule has 0 saturated carbocycles. The smallest absolute Gasteiger partial charge is 0.340 e. The lowest BCUT2D eigenvalue weighted by molar-refractivity contribution is -0.142. The van der Waals surface area contributed by atoms with Gasteiger partial charge in [0.15, 0.2) is 15.4 Å². The Bertz CT molecular complexity index is 1480. The highest BCUT2D eigenvalue weighted by Gasteiger charge is 2.51. The zero-order chi connectivity index (χ0) is 24.6. The lowest BCUT2D eigenvalue weighted by atomic mass is 9.76. The molecular formula is C29H21FO4S. The van der Waals surface area contributed by atoms with Gasteiger partial charge in [-0.1, -0.05) is 84.9 Å². The van der Waals surface area contributed by atoms with E-state index in [1.54, 1.807) is 24.3 Å². The first-order valence-corrected chi connectivity index (χ1v) is 12.9. The molecule has 0 saturated heterocycles. The molecule has 0 atom stereocenters. The maximum absolute atomic E-state index is 13.7. The van der Waals surface area contributed by atoms with Crippen molar-refractivity contribution in [3.05, 3.63) is 137 Å². The van der Waals surface area contributed by atoms with Crippen molar-refractivity contribution in [3.63, 3.8) is 0 Å². The van der Waals surface area contributed by atoms with E-state index in [0.717, 1.165) is 17.4 Å². The molecule has 0 amide bonds. The second-order valence-electron chi connectivity index (χ2n) is 8.36. The quantitative estimate of drug-likeness (QED) is 0.344. The molecule has 0 spiro atoms. The molecule has 0 aliphatic carbocycles. The molecule has 5 rings (SSSR count). The SMILES string of the molecule is CS(=O)(=O)c1ccc(C2=C(c3ccc(F)cc3)C(=O)OC2(c2ccccc2)c2ccccc2)cc1. The van der Waals surface area contributed by atoms with E-state index < -0.39 is 27.2 Å². The maximum atomic E-state index is 13.7. The Morgan fingerprint density at radius 1 is 0.686 bits per heavy atom. The van der Waals surface area contributed by atoms with Crippen LogP contribution in [0.5, 0.6) is 0 Å². The molecule has 0 aromatic heterocycles. The van der Waals surface area contributed by atoms with Gasteiger partial charge in [0, 0.05) is 23.0 Å². The van der Waals surface area contributed by atoms with Gasteiger partial charge in [0.1, 0.15) is 5.82 Å². The molecule has 4 aromatic carbocycles. The van der Waals surface area contributed by atoms with E-state index in [9.17, 15) is 17.6 Å². The fourth-order valence-corrected chi connectivity index (χ4v) is 5.16. The summed E-state index contributed by atoms with van der Waals surface area (Å²) in [5, 5.41) is 0. The van der Waals surface area contributed by atoms with Crippen LogP contribution >= 0.6 is 0 Å². The molecule has 4 nitrogen and oxygen atoms in total. The van der Waals surface area contributed by atoms with Crippen molar-refractivity contribution in [2.45, 2.75) is 10.5 Å². The Hall–Kier alpha value is -4.03. The number of cyclic esters (lactones) is 1. The fraction of sp³-hybridized carbons (Fsp3) is 0.0690. The molecule has 1 aliphatic rings. The number of hydrogen-bond acceptors (Lipinski definition) is 4. The highest BCUT2D eigenvalue weighted by atomic mass is 32.2. The van der Waals surface area contributed by atoms with Gasteiger partial charge in [-0.05, 0) is 35.4 Å². The number of carbonyl (C=O) groups excluding carboxylic acids is 1. The average molecular weight is 485 g/mol. The highest BCUT2D eigenvalue weighted by Crippen LogP contribution is 2.53. The first-order valence-electron chi connectivity index (χ1n) is 11.0. The number of ether oxygens (including phenoxy) is 1. The van der Waals surface area contributed by atoms with Crippen LogP contribution in [-0.4, -0.2) is 20.6 Å². The van der Waals surface area contributed by atoms with Gasteiger partial charge in [-0.25, -0.2) is 17.6 Å². The van der Waals surface area contributed by atoms with E-state index in [4.69, 9.17) is 4.74 Å². The van der Waals surface area contributed by atoms with E-state index in [0.29, 0.717) is 22.3 Å². The summed E-state index contributed by atoms with van der Waals surface area (Å²) in [4.78, 5) is 13.7. The van der Waals surface area contributed by atoms with E-state index >= 15 is 0 Å². The number of benzene rings is 4. The summed E-state index contributed by atoms with van der Waals surface area (Å²) >= 11 is 0. The van der Waals surface area contributed by atoms with Crippen molar-refractivity contribution >= 4 is 27.0 Å². The van der Waals surface area contributed by atoms with Crippen LogP contribution in [0.25, 0.3) is 11.1 Å². The second kappa shape index (κ2) is 8.64. The van der Waals surface area contributed by atoms with Crippen molar-refractivity contribution in [3.8, 4) is 0 Å². The van der Waals surface area contributed by atoms with Gasteiger partial charge in [-0.15, -0.1) is 0 Å². The van der Waals surface area contributed by atoms with E-state index in [-0.39, 0.29) is 4.90 Å². The van der Waals surface area contributed by atoms with Crippen LogP contribution in [0.3, 0.4) is 0 Å². The molecule has 0 N–H and O–H groups in total. The number of hydrogen-bond donors (Lipinski definition) is 0. The van der Waals surface area contributed by atoms with Gasteiger partial charge >= 0.3 is 5.97 Å². The monoisotopic (exact) mass is 484 g/mol. The molecule has 6 heteroatoms. The standard InChI is InChI=1S/C29H21FO4S/c1-35(32,33)25-18-14-21(15-19-25)27-26(20-12-16-24(30)17-13-20)28(31)34-29(27,22-8-4-2-5-9-22)23-10-6-3-7-11-23/h2-19H,1H3. The Morgan fingerprint density at radius 3 is 1.66 bits per heavy atom. The summed E-state index contributed by atoms with van der Waals surface area (Å²) in [5.41, 5.74) is 2.16. The Labute approximate surface area is 203 Å². The minimum atomic E-state index is -3.41. The van der Waals surface area contributed by atoms with Crippen LogP contribution in [0.2, 0.25) is 0 Å². The minimum absolute atomic E-state index is 0.167. The summed E-state index contributed by atoms with van der Waals surface area (Å²) in [7, 11) is -3.41. The van der Waals surface area contributed by atoms with Crippen molar-refractivity contribution in [1.29, 1.82) is 0 Å². The van der Waals surface area contributed by atoms with Crippen LogP contribution in [0.4, 0.5) is 4.39 Å². The van der Waals surface area contributed by atoms with Gasteiger partial charge in [0.25, 0.3) is 0 Å². The minimum Gasteiger partial charge on any atom is -0.441 e. The predicted octanol–water partition coefficient (Wildman–Crippen LogP) is 5.64. The van der Waals surface area contributed by atoms with Crippen LogP contribution < -0.4 is 0 Å². The molecule has 0 bridgehead atoms.